The number of fused-ring (bicyclic) bond motifs is 1. The maximum absolute atomic E-state index is 13.0. The molecule has 25 heavy (non-hydrogen) atoms. The molecule has 0 radical (unpaired) electrons. The first kappa shape index (κ1) is 19.9. The summed E-state index contributed by atoms with van der Waals surface area (Å²) in [4.78, 5) is 0.313. The lowest BCUT2D eigenvalue weighted by molar-refractivity contribution is 0.134. The molecule has 0 saturated carbocycles. The molecule has 0 aromatic heterocycles. The SMILES string of the molecule is Cl.NCCN(CCc1ccccc1)S(=O)(=O)c1ccc2c(c1)COC2. The number of nitrogens with two attached hydrogens (primary N) is 1. The molecule has 1 aliphatic rings. The van der Waals surface area contributed by atoms with Crippen molar-refractivity contribution in [2.45, 2.75) is 24.5 Å². The van der Waals surface area contributed by atoms with Crippen molar-refractivity contribution in [1.29, 1.82) is 0 Å². The minimum absolute atomic E-state index is 0. The Labute approximate surface area is 155 Å². The normalized spacial score (nSPS) is 13.5. The Morgan fingerprint density at radius 1 is 1.00 bits per heavy atom. The summed E-state index contributed by atoms with van der Waals surface area (Å²) in [6.07, 6.45) is 0.661. The fraction of sp³-hybridized carbons (Fsp3) is 0.333. The largest absolute Gasteiger partial charge is 0.372 e. The minimum atomic E-state index is -3.56. The van der Waals surface area contributed by atoms with Crippen LogP contribution in [0.1, 0.15) is 16.7 Å². The summed E-state index contributed by atoms with van der Waals surface area (Å²) < 4.78 is 32.8. The molecule has 0 unspecified atom stereocenters. The molecular weight excluding hydrogens is 360 g/mol. The van der Waals surface area contributed by atoms with Crippen molar-refractivity contribution in [3.8, 4) is 0 Å². The number of halogens is 1. The first-order chi connectivity index (χ1) is 11.6. The Morgan fingerprint density at radius 2 is 1.72 bits per heavy atom. The van der Waals surface area contributed by atoms with Gasteiger partial charge in [-0.2, -0.15) is 4.31 Å². The maximum Gasteiger partial charge on any atom is 0.243 e. The molecule has 0 bridgehead atoms. The molecule has 0 fully saturated rings. The Morgan fingerprint density at radius 3 is 2.44 bits per heavy atom. The van der Waals surface area contributed by atoms with Crippen molar-refractivity contribution in [1.82, 2.24) is 4.31 Å². The number of rotatable bonds is 7. The highest BCUT2D eigenvalue weighted by molar-refractivity contribution is 7.89. The highest BCUT2D eigenvalue weighted by Crippen LogP contribution is 2.25. The van der Waals surface area contributed by atoms with Gasteiger partial charge in [-0.1, -0.05) is 36.4 Å². The highest BCUT2D eigenvalue weighted by Gasteiger charge is 2.25. The van der Waals surface area contributed by atoms with Crippen molar-refractivity contribution in [3.05, 3.63) is 65.2 Å². The van der Waals surface area contributed by atoms with Gasteiger partial charge in [0.05, 0.1) is 18.1 Å². The second kappa shape index (κ2) is 8.78. The summed E-state index contributed by atoms with van der Waals surface area (Å²) in [5.74, 6) is 0. The van der Waals surface area contributed by atoms with E-state index in [-0.39, 0.29) is 12.4 Å². The van der Waals surface area contributed by atoms with E-state index in [0.717, 1.165) is 16.7 Å². The van der Waals surface area contributed by atoms with Crippen LogP contribution in [0.5, 0.6) is 0 Å². The van der Waals surface area contributed by atoms with Crippen molar-refractivity contribution >= 4 is 22.4 Å². The molecule has 2 aromatic carbocycles. The smallest absolute Gasteiger partial charge is 0.243 e. The lowest BCUT2D eigenvalue weighted by Gasteiger charge is -2.22. The molecule has 0 saturated heterocycles. The van der Waals surface area contributed by atoms with Gasteiger partial charge in [0.15, 0.2) is 0 Å². The average molecular weight is 383 g/mol. The molecule has 2 aromatic rings. The second-order valence-electron chi connectivity index (χ2n) is 5.85. The van der Waals surface area contributed by atoms with E-state index < -0.39 is 10.0 Å². The third-order valence-corrected chi connectivity index (χ3v) is 6.10. The van der Waals surface area contributed by atoms with Crippen LogP contribution < -0.4 is 5.73 Å². The van der Waals surface area contributed by atoms with Crippen LogP contribution in [0.3, 0.4) is 0 Å². The Kier molecular flexibility index (Phi) is 6.98. The lowest BCUT2D eigenvalue weighted by Crippen LogP contribution is -2.37. The molecule has 1 aliphatic heterocycles. The van der Waals surface area contributed by atoms with Crippen molar-refractivity contribution in [2.24, 2.45) is 5.73 Å². The maximum atomic E-state index is 13.0. The third kappa shape index (κ3) is 4.59. The molecular formula is C18H23ClN2O3S. The van der Waals surface area contributed by atoms with E-state index in [1.54, 1.807) is 12.1 Å². The van der Waals surface area contributed by atoms with E-state index in [2.05, 4.69) is 0 Å². The van der Waals surface area contributed by atoms with Crippen LogP contribution in [0.15, 0.2) is 53.4 Å². The van der Waals surface area contributed by atoms with Crippen molar-refractivity contribution in [2.75, 3.05) is 19.6 Å². The molecule has 136 valence electrons. The molecule has 0 aliphatic carbocycles. The molecule has 2 N–H and O–H groups in total. The monoisotopic (exact) mass is 382 g/mol. The van der Waals surface area contributed by atoms with Crippen LogP contribution in [0.25, 0.3) is 0 Å². The quantitative estimate of drug-likeness (QED) is 0.797. The first-order valence-corrected chi connectivity index (χ1v) is 9.49. The predicted molar refractivity (Wildman–Crippen MR) is 100 cm³/mol. The molecule has 0 spiro atoms. The minimum Gasteiger partial charge on any atom is -0.372 e. The van der Waals surface area contributed by atoms with E-state index in [0.29, 0.717) is 44.2 Å². The van der Waals surface area contributed by atoms with Crippen LogP contribution in [0.4, 0.5) is 0 Å². The molecule has 5 nitrogen and oxygen atoms in total. The van der Waals surface area contributed by atoms with Crippen LogP contribution in [-0.4, -0.2) is 32.4 Å². The fourth-order valence-electron chi connectivity index (χ4n) is 2.85. The molecule has 0 amide bonds. The average Bonchev–Trinajstić information content (AvgIpc) is 3.07. The van der Waals surface area contributed by atoms with Gasteiger partial charge in [-0.15, -0.1) is 12.4 Å². The van der Waals surface area contributed by atoms with Crippen molar-refractivity contribution in [3.63, 3.8) is 0 Å². The van der Waals surface area contributed by atoms with Gasteiger partial charge in [-0.25, -0.2) is 8.42 Å². The molecule has 3 rings (SSSR count). The number of sulfonamides is 1. The van der Waals surface area contributed by atoms with Crippen LogP contribution >= 0.6 is 12.4 Å². The van der Waals surface area contributed by atoms with Gasteiger partial charge in [0.25, 0.3) is 0 Å². The topological polar surface area (TPSA) is 72.6 Å². The fourth-order valence-corrected chi connectivity index (χ4v) is 4.36. The second-order valence-corrected chi connectivity index (χ2v) is 7.79. The number of ether oxygens (including phenoxy) is 1. The predicted octanol–water partition coefficient (Wildman–Crippen LogP) is 2.33. The van der Waals surface area contributed by atoms with Gasteiger partial charge >= 0.3 is 0 Å². The van der Waals surface area contributed by atoms with Crippen LogP contribution in [0.2, 0.25) is 0 Å². The number of hydrogen-bond donors (Lipinski definition) is 1. The number of nitrogens with zero attached hydrogens (tertiary/aromatic N) is 1. The van der Waals surface area contributed by atoms with Crippen LogP contribution in [-0.2, 0) is 34.4 Å². The summed E-state index contributed by atoms with van der Waals surface area (Å²) in [5, 5.41) is 0. The Bertz CT molecular complexity index is 797. The van der Waals surface area contributed by atoms with E-state index in [4.69, 9.17) is 10.5 Å². The Hall–Kier alpha value is -1.44. The zero-order chi connectivity index (χ0) is 17.0. The molecule has 1 heterocycles. The summed E-state index contributed by atoms with van der Waals surface area (Å²) >= 11 is 0. The van der Waals surface area contributed by atoms with Crippen molar-refractivity contribution < 1.29 is 13.2 Å². The number of hydrogen-bond acceptors (Lipinski definition) is 4. The van der Waals surface area contributed by atoms with Gasteiger partial charge < -0.3 is 10.5 Å². The van der Waals surface area contributed by atoms with Gasteiger partial charge in [0.2, 0.25) is 10.0 Å². The standard InChI is InChI=1S/C18H22N2O3S.ClH/c19-9-11-20(10-8-15-4-2-1-3-5-15)24(21,22)18-7-6-16-13-23-14-17(16)12-18;/h1-7,12H,8-11,13-14,19H2;1H. The van der Waals surface area contributed by atoms with Gasteiger partial charge in [-0.05, 0) is 35.2 Å². The first-order valence-electron chi connectivity index (χ1n) is 8.05. The third-order valence-electron chi connectivity index (χ3n) is 4.20. The van der Waals surface area contributed by atoms with Crippen LogP contribution in [0, 0.1) is 0 Å². The van der Waals surface area contributed by atoms with E-state index in [1.807, 2.05) is 36.4 Å². The summed E-state index contributed by atoms with van der Waals surface area (Å²) in [6, 6.07) is 15.1. The lowest BCUT2D eigenvalue weighted by atomic mass is 10.1. The highest BCUT2D eigenvalue weighted by atomic mass is 35.5. The van der Waals surface area contributed by atoms with Gasteiger partial charge in [-0.3, -0.25) is 0 Å². The molecule has 0 atom stereocenters. The van der Waals surface area contributed by atoms with E-state index in [9.17, 15) is 8.42 Å². The summed E-state index contributed by atoms with van der Waals surface area (Å²) in [5.41, 5.74) is 8.76. The Balaban J connectivity index is 0.00000225. The van der Waals surface area contributed by atoms with Gasteiger partial charge in [0.1, 0.15) is 0 Å². The zero-order valence-electron chi connectivity index (χ0n) is 13.9. The van der Waals surface area contributed by atoms with E-state index >= 15 is 0 Å². The van der Waals surface area contributed by atoms with Gasteiger partial charge in [0, 0.05) is 19.6 Å². The summed E-state index contributed by atoms with van der Waals surface area (Å²) in [6.45, 7) is 2.04. The summed E-state index contributed by atoms with van der Waals surface area (Å²) in [7, 11) is -3.56. The zero-order valence-corrected chi connectivity index (χ0v) is 15.6. The van der Waals surface area contributed by atoms with E-state index in [1.165, 1.54) is 4.31 Å². The molecule has 7 heteroatoms. The number of benzene rings is 2.